The Bertz CT molecular complexity index is 335. The summed E-state index contributed by atoms with van der Waals surface area (Å²) < 4.78 is 15.1. The minimum Gasteiger partial charge on any atom is -0.479 e. The molecule has 0 spiro atoms. The third-order valence-corrected chi connectivity index (χ3v) is 2.01. The minimum atomic E-state index is 0.364. The molecule has 7 heteroatoms. The van der Waals surface area contributed by atoms with Crippen LogP contribution in [-0.4, -0.2) is 50.6 Å². The van der Waals surface area contributed by atoms with Gasteiger partial charge in [-0.3, -0.25) is 0 Å². The van der Waals surface area contributed by atoms with Crippen molar-refractivity contribution in [3.05, 3.63) is 6.33 Å². The molecule has 96 valence electrons. The summed E-state index contributed by atoms with van der Waals surface area (Å²) in [6.45, 7) is 2.31. The molecule has 17 heavy (non-hydrogen) atoms. The highest BCUT2D eigenvalue weighted by atomic mass is 16.5. The summed E-state index contributed by atoms with van der Waals surface area (Å²) in [5.41, 5.74) is 6.18. The van der Waals surface area contributed by atoms with Crippen LogP contribution in [0.4, 0.5) is 11.5 Å². The lowest BCUT2D eigenvalue weighted by Gasteiger charge is -2.10. The van der Waals surface area contributed by atoms with Gasteiger partial charge in [-0.2, -0.15) is 4.98 Å². The lowest BCUT2D eigenvalue weighted by Crippen LogP contribution is -2.14. The molecule has 0 unspecified atom stereocenters. The van der Waals surface area contributed by atoms with Gasteiger partial charge in [0, 0.05) is 13.7 Å². The van der Waals surface area contributed by atoms with Gasteiger partial charge in [0.25, 0.3) is 0 Å². The van der Waals surface area contributed by atoms with Crippen molar-refractivity contribution in [1.82, 2.24) is 9.97 Å². The maximum absolute atomic E-state index is 5.78. The summed E-state index contributed by atoms with van der Waals surface area (Å²) in [6.07, 6.45) is 1.39. The van der Waals surface area contributed by atoms with Gasteiger partial charge in [0.15, 0.2) is 5.82 Å². The first-order chi connectivity index (χ1) is 8.29. The van der Waals surface area contributed by atoms with Gasteiger partial charge in [-0.05, 0) is 0 Å². The second kappa shape index (κ2) is 7.64. The normalized spacial score (nSPS) is 10.2. The van der Waals surface area contributed by atoms with Crippen molar-refractivity contribution in [2.24, 2.45) is 0 Å². The molecule has 1 heterocycles. The number of anilines is 2. The number of methoxy groups -OCH3 is 2. The van der Waals surface area contributed by atoms with E-state index in [1.54, 1.807) is 7.11 Å². The second-order valence-corrected chi connectivity index (χ2v) is 3.18. The lowest BCUT2D eigenvalue weighted by atomic mass is 10.4. The number of rotatable bonds is 8. The summed E-state index contributed by atoms with van der Waals surface area (Å²) in [7, 11) is 3.14. The van der Waals surface area contributed by atoms with E-state index in [0.717, 1.165) is 0 Å². The number of aromatic nitrogens is 2. The zero-order valence-electron chi connectivity index (χ0n) is 10.1. The Morgan fingerprint density at radius 3 is 2.76 bits per heavy atom. The van der Waals surface area contributed by atoms with E-state index >= 15 is 0 Å². The van der Waals surface area contributed by atoms with Gasteiger partial charge >= 0.3 is 0 Å². The molecule has 1 aromatic heterocycles. The first-order valence-corrected chi connectivity index (χ1v) is 5.24. The molecule has 7 nitrogen and oxygen atoms in total. The predicted molar refractivity (Wildman–Crippen MR) is 64.2 cm³/mol. The van der Waals surface area contributed by atoms with Crippen LogP contribution in [-0.2, 0) is 9.47 Å². The highest BCUT2D eigenvalue weighted by Gasteiger charge is 2.06. The van der Waals surface area contributed by atoms with E-state index in [4.69, 9.17) is 19.9 Å². The molecular formula is C10H18N4O3. The smallest absolute Gasteiger partial charge is 0.242 e. The monoisotopic (exact) mass is 242 g/mol. The fraction of sp³-hybridized carbons (Fsp3) is 0.600. The number of nitrogens with zero attached hydrogens (tertiary/aromatic N) is 2. The highest BCUT2D eigenvalue weighted by Crippen LogP contribution is 2.23. The molecule has 3 N–H and O–H groups in total. The maximum atomic E-state index is 5.78. The average molecular weight is 242 g/mol. The van der Waals surface area contributed by atoms with Crippen molar-refractivity contribution >= 4 is 11.5 Å². The van der Waals surface area contributed by atoms with E-state index in [9.17, 15) is 0 Å². The van der Waals surface area contributed by atoms with Gasteiger partial charge in [-0.1, -0.05) is 0 Å². The van der Waals surface area contributed by atoms with Crippen LogP contribution in [0.25, 0.3) is 0 Å². The van der Waals surface area contributed by atoms with E-state index < -0.39 is 0 Å². The van der Waals surface area contributed by atoms with Crippen LogP contribution in [0.3, 0.4) is 0 Å². The van der Waals surface area contributed by atoms with Gasteiger partial charge in [-0.25, -0.2) is 4.98 Å². The number of hydrogen-bond donors (Lipinski definition) is 2. The Labute approximate surface area is 100 Å². The molecule has 0 bridgehead atoms. The van der Waals surface area contributed by atoms with E-state index in [2.05, 4.69) is 15.3 Å². The lowest BCUT2D eigenvalue weighted by molar-refractivity contribution is 0.0759. The first kappa shape index (κ1) is 13.5. The Hall–Kier alpha value is -1.60. The molecule has 0 amide bonds. The Morgan fingerprint density at radius 1 is 1.24 bits per heavy atom. The van der Waals surface area contributed by atoms with E-state index in [1.165, 1.54) is 13.4 Å². The van der Waals surface area contributed by atoms with Crippen molar-refractivity contribution in [1.29, 1.82) is 0 Å². The molecule has 0 aliphatic carbocycles. The third-order valence-electron chi connectivity index (χ3n) is 2.01. The minimum absolute atomic E-state index is 0.364. The number of nitrogens with two attached hydrogens (primary N) is 1. The van der Waals surface area contributed by atoms with E-state index in [1.807, 2.05) is 0 Å². The highest BCUT2D eigenvalue weighted by molar-refractivity contribution is 5.66. The number of hydrogen-bond acceptors (Lipinski definition) is 7. The summed E-state index contributed by atoms with van der Waals surface area (Å²) in [5, 5.41) is 3.04. The van der Waals surface area contributed by atoms with Gasteiger partial charge in [0.1, 0.15) is 12.0 Å². The summed E-state index contributed by atoms with van der Waals surface area (Å²) in [5.74, 6) is 0.912. The van der Waals surface area contributed by atoms with Crippen LogP contribution in [0.5, 0.6) is 5.88 Å². The van der Waals surface area contributed by atoms with Crippen LogP contribution < -0.4 is 15.8 Å². The largest absolute Gasteiger partial charge is 0.479 e. The molecule has 1 rings (SSSR count). The summed E-state index contributed by atoms with van der Waals surface area (Å²) in [6, 6.07) is 0. The van der Waals surface area contributed by atoms with Crippen LogP contribution >= 0.6 is 0 Å². The SMILES string of the molecule is COCCOCCNc1ncnc(OC)c1N. The molecule has 0 aliphatic rings. The molecule has 0 aromatic carbocycles. The molecule has 0 saturated carbocycles. The molecular weight excluding hydrogens is 224 g/mol. The summed E-state index contributed by atoms with van der Waals surface area (Å²) >= 11 is 0. The van der Waals surface area contributed by atoms with Crippen LogP contribution in [0.2, 0.25) is 0 Å². The fourth-order valence-electron chi connectivity index (χ4n) is 1.17. The van der Waals surface area contributed by atoms with Crippen molar-refractivity contribution in [3.8, 4) is 5.88 Å². The zero-order chi connectivity index (χ0) is 12.5. The standard InChI is InChI=1S/C10H18N4O3/c1-15-5-6-17-4-3-12-9-8(11)10(16-2)14-7-13-9/h7H,3-6,11H2,1-2H3,(H,12,13,14). The fourth-order valence-corrected chi connectivity index (χ4v) is 1.17. The molecule has 0 aliphatic heterocycles. The van der Waals surface area contributed by atoms with Crippen molar-refractivity contribution in [2.75, 3.05) is 51.6 Å². The van der Waals surface area contributed by atoms with Crippen molar-refractivity contribution in [3.63, 3.8) is 0 Å². The molecule has 0 saturated heterocycles. The van der Waals surface area contributed by atoms with Crippen LogP contribution in [0.1, 0.15) is 0 Å². The Morgan fingerprint density at radius 2 is 2.06 bits per heavy atom. The van der Waals surface area contributed by atoms with Gasteiger partial charge in [-0.15, -0.1) is 0 Å². The summed E-state index contributed by atoms with van der Waals surface area (Å²) in [4.78, 5) is 7.89. The van der Waals surface area contributed by atoms with Gasteiger partial charge in [0.2, 0.25) is 5.88 Å². The third kappa shape index (κ3) is 4.41. The van der Waals surface area contributed by atoms with Crippen molar-refractivity contribution < 1.29 is 14.2 Å². The van der Waals surface area contributed by atoms with Gasteiger partial charge < -0.3 is 25.3 Å². The second-order valence-electron chi connectivity index (χ2n) is 3.18. The molecule has 0 radical (unpaired) electrons. The average Bonchev–Trinajstić information content (AvgIpc) is 2.35. The Kier molecular flexibility index (Phi) is 6.05. The van der Waals surface area contributed by atoms with Crippen LogP contribution in [0, 0.1) is 0 Å². The van der Waals surface area contributed by atoms with Crippen LogP contribution in [0.15, 0.2) is 6.33 Å². The number of nitrogens with one attached hydrogen (secondary N) is 1. The van der Waals surface area contributed by atoms with E-state index in [0.29, 0.717) is 43.8 Å². The predicted octanol–water partition coefficient (Wildman–Crippen LogP) is 0.142. The topological polar surface area (TPSA) is 91.5 Å². The quantitative estimate of drug-likeness (QED) is 0.626. The van der Waals surface area contributed by atoms with E-state index in [-0.39, 0.29) is 0 Å². The molecule has 0 atom stereocenters. The number of ether oxygens (including phenoxy) is 3. The maximum Gasteiger partial charge on any atom is 0.242 e. The molecule has 1 aromatic rings. The molecule has 0 fully saturated rings. The Balaban J connectivity index is 2.31. The first-order valence-electron chi connectivity index (χ1n) is 5.24. The zero-order valence-corrected chi connectivity index (χ0v) is 10.1. The number of nitrogen functional groups attached to an aromatic ring is 1. The van der Waals surface area contributed by atoms with Gasteiger partial charge in [0.05, 0.1) is 26.9 Å². The van der Waals surface area contributed by atoms with Crippen molar-refractivity contribution in [2.45, 2.75) is 0 Å².